The normalized spacial score (nSPS) is 22.7. The van der Waals surface area contributed by atoms with Gasteiger partial charge in [-0.2, -0.15) is 0 Å². The van der Waals surface area contributed by atoms with Crippen LogP contribution in [0.4, 0.5) is 5.82 Å². The number of rotatable bonds is 4. The van der Waals surface area contributed by atoms with Crippen molar-refractivity contribution in [2.45, 2.75) is 38.8 Å². The van der Waals surface area contributed by atoms with Crippen molar-refractivity contribution in [2.24, 2.45) is 5.73 Å². The van der Waals surface area contributed by atoms with Crippen molar-refractivity contribution in [3.8, 4) is 0 Å². The molecule has 20 heavy (non-hydrogen) atoms. The van der Waals surface area contributed by atoms with Gasteiger partial charge in [-0.3, -0.25) is 0 Å². The molecule has 0 aromatic carbocycles. The molecule has 1 aromatic rings. The average molecular weight is 297 g/mol. The van der Waals surface area contributed by atoms with Crippen LogP contribution >= 0.6 is 0 Å². The fourth-order valence-corrected chi connectivity index (χ4v) is 4.51. The first kappa shape index (κ1) is 15.3. The SMILES string of the molecule is Cc1cc(CC(C)N)cnc1N(C)C1CCS(=O)(=O)C1. The van der Waals surface area contributed by atoms with Gasteiger partial charge in [0.15, 0.2) is 9.84 Å². The Bertz CT molecular complexity index is 584. The highest BCUT2D eigenvalue weighted by atomic mass is 32.2. The van der Waals surface area contributed by atoms with Crippen LogP contribution in [0.2, 0.25) is 0 Å². The summed E-state index contributed by atoms with van der Waals surface area (Å²) in [5.74, 6) is 1.37. The molecule has 1 aliphatic rings. The molecule has 0 spiro atoms. The highest BCUT2D eigenvalue weighted by molar-refractivity contribution is 7.91. The molecular formula is C14H23N3O2S. The third kappa shape index (κ3) is 3.49. The van der Waals surface area contributed by atoms with Crippen LogP contribution in [-0.4, -0.2) is 44.0 Å². The molecule has 1 aromatic heterocycles. The maximum absolute atomic E-state index is 11.6. The summed E-state index contributed by atoms with van der Waals surface area (Å²) in [5.41, 5.74) is 7.98. The van der Waals surface area contributed by atoms with E-state index in [-0.39, 0.29) is 23.6 Å². The quantitative estimate of drug-likeness (QED) is 0.893. The van der Waals surface area contributed by atoms with E-state index >= 15 is 0 Å². The fourth-order valence-electron chi connectivity index (χ4n) is 2.73. The largest absolute Gasteiger partial charge is 0.355 e. The Morgan fingerprint density at radius 3 is 2.75 bits per heavy atom. The van der Waals surface area contributed by atoms with E-state index in [2.05, 4.69) is 11.1 Å². The molecule has 2 atom stereocenters. The monoisotopic (exact) mass is 297 g/mol. The topological polar surface area (TPSA) is 76.3 Å². The Morgan fingerprint density at radius 1 is 1.55 bits per heavy atom. The number of aromatic nitrogens is 1. The molecule has 0 amide bonds. The van der Waals surface area contributed by atoms with Gasteiger partial charge in [0.25, 0.3) is 0 Å². The van der Waals surface area contributed by atoms with Crippen molar-refractivity contribution in [2.75, 3.05) is 23.5 Å². The Morgan fingerprint density at radius 2 is 2.25 bits per heavy atom. The van der Waals surface area contributed by atoms with Crippen LogP contribution in [0.3, 0.4) is 0 Å². The summed E-state index contributed by atoms with van der Waals surface area (Å²) in [6.45, 7) is 3.98. The summed E-state index contributed by atoms with van der Waals surface area (Å²) in [7, 11) is -0.949. The van der Waals surface area contributed by atoms with Crippen molar-refractivity contribution < 1.29 is 8.42 Å². The standard InChI is InChI=1S/C14H23N3O2S/c1-10-6-12(7-11(2)15)8-16-14(10)17(3)13-4-5-20(18,19)9-13/h6,8,11,13H,4-5,7,9,15H2,1-3H3. The van der Waals surface area contributed by atoms with Gasteiger partial charge >= 0.3 is 0 Å². The maximum Gasteiger partial charge on any atom is 0.152 e. The second-order valence-electron chi connectivity index (χ2n) is 5.83. The molecule has 1 saturated heterocycles. The summed E-state index contributed by atoms with van der Waals surface area (Å²) < 4.78 is 23.2. The number of anilines is 1. The molecule has 5 nitrogen and oxygen atoms in total. The minimum Gasteiger partial charge on any atom is -0.355 e. The average Bonchev–Trinajstić information content (AvgIpc) is 2.68. The van der Waals surface area contributed by atoms with Crippen molar-refractivity contribution in [3.05, 3.63) is 23.4 Å². The summed E-state index contributed by atoms with van der Waals surface area (Å²) in [6, 6.07) is 2.23. The van der Waals surface area contributed by atoms with Gasteiger partial charge in [-0.05, 0) is 37.8 Å². The number of hydrogen-bond donors (Lipinski definition) is 1. The van der Waals surface area contributed by atoms with Gasteiger partial charge in [0.05, 0.1) is 11.5 Å². The predicted octanol–water partition coefficient (Wildman–Crippen LogP) is 0.903. The van der Waals surface area contributed by atoms with E-state index in [1.165, 1.54) is 0 Å². The zero-order valence-corrected chi connectivity index (χ0v) is 13.2. The minimum atomic E-state index is -2.87. The van der Waals surface area contributed by atoms with Gasteiger partial charge in [0, 0.05) is 25.3 Å². The Kier molecular flexibility index (Phi) is 4.34. The van der Waals surface area contributed by atoms with Crippen molar-refractivity contribution >= 4 is 15.7 Å². The predicted molar refractivity (Wildman–Crippen MR) is 81.8 cm³/mol. The van der Waals surface area contributed by atoms with Gasteiger partial charge < -0.3 is 10.6 Å². The van der Waals surface area contributed by atoms with E-state index < -0.39 is 9.84 Å². The van der Waals surface area contributed by atoms with Gasteiger partial charge in [0.2, 0.25) is 0 Å². The number of aryl methyl sites for hydroxylation is 1. The lowest BCUT2D eigenvalue weighted by Gasteiger charge is -2.26. The number of sulfone groups is 1. The van der Waals surface area contributed by atoms with Crippen molar-refractivity contribution in [1.82, 2.24) is 4.98 Å². The van der Waals surface area contributed by atoms with Gasteiger partial charge in [-0.1, -0.05) is 6.07 Å². The molecule has 6 heteroatoms. The number of nitrogens with zero attached hydrogens (tertiary/aromatic N) is 2. The van der Waals surface area contributed by atoms with Crippen LogP contribution in [0.5, 0.6) is 0 Å². The molecule has 1 fully saturated rings. The second kappa shape index (κ2) is 5.69. The first-order valence-corrected chi connectivity index (χ1v) is 8.75. The van der Waals surface area contributed by atoms with Crippen molar-refractivity contribution in [1.29, 1.82) is 0 Å². The third-order valence-corrected chi connectivity index (χ3v) is 5.51. The van der Waals surface area contributed by atoms with Gasteiger partial charge in [-0.15, -0.1) is 0 Å². The molecule has 0 saturated carbocycles. The van der Waals surface area contributed by atoms with E-state index in [9.17, 15) is 8.42 Å². The molecule has 112 valence electrons. The van der Waals surface area contributed by atoms with Gasteiger partial charge in [-0.25, -0.2) is 13.4 Å². The zero-order valence-electron chi connectivity index (χ0n) is 12.3. The van der Waals surface area contributed by atoms with E-state index in [0.29, 0.717) is 6.42 Å². The van der Waals surface area contributed by atoms with Gasteiger partial charge in [0.1, 0.15) is 5.82 Å². The molecule has 2 unspecified atom stereocenters. The smallest absolute Gasteiger partial charge is 0.152 e. The Labute approximate surface area is 121 Å². The number of hydrogen-bond acceptors (Lipinski definition) is 5. The molecule has 2 N–H and O–H groups in total. The third-order valence-electron chi connectivity index (χ3n) is 3.76. The van der Waals surface area contributed by atoms with Crippen LogP contribution < -0.4 is 10.6 Å². The molecule has 0 bridgehead atoms. The van der Waals surface area contributed by atoms with Crippen LogP contribution in [0.25, 0.3) is 0 Å². The summed E-state index contributed by atoms with van der Waals surface area (Å²) in [5, 5.41) is 0. The van der Waals surface area contributed by atoms with E-state index in [1.54, 1.807) is 0 Å². The van der Waals surface area contributed by atoms with E-state index in [0.717, 1.165) is 23.4 Å². The lowest BCUT2D eigenvalue weighted by molar-refractivity contribution is 0.600. The molecular weight excluding hydrogens is 274 g/mol. The Hall–Kier alpha value is -1.14. The first-order chi connectivity index (χ1) is 9.28. The van der Waals surface area contributed by atoms with E-state index in [4.69, 9.17) is 5.73 Å². The second-order valence-corrected chi connectivity index (χ2v) is 8.06. The first-order valence-electron chi connectivity index (χ1n) is 6.93. The van der Waals surface area contributed by atoms with Crippen LogP contribution in [0.15, 0.2) is 12.3 Å². The number of nitrogens with two attached hydrogens (primary N) is 1. The number of pyridine rings is 1. The van der Waals surface area contributed by atoms with Crippen LogP contribution in [-0.2, 0) is 16.3 Å². The zero-order chi connectivity index (χ0) is 14.9. The summed E-state index contributed by atoms with van der Waals surface area (Å²) in [6.07, 6.45) is 3.32. The van der Waals surface area contributed by atoms with E-state index in [1.807, 2.05) is 32.0 Å². The molecule has 0 aliphatic carbocycles. The Balaban J connectivity index is 2.16. The van der Waals surface area contributed by atoms with Crippen LogP contribution in [0, 0.1) is 6.92 Å². The van der Waals surface area contributed by atoms with Crippen LogP contribution in [0.1, 0.15) is 24.5 Å². The van der Waals surface area contributed by atoms with Crippen molar-refractivity contribution in [3.63, 3.8) is 0 Å². The highest BCUT2D eigenvalue weighted by Crippen LogP contribution is 2.24. The summed E-state index contributed by atoms with van der Waals surface area (Å²) >= 11 is 0. The molecule has 2 heterocycles. The summed E-state index contributed by atoms with van der Waals surface area (Å²) in [4.78, 5) is 6.49. The maximum atomic E-state index is 11.6. The fraction of sp³-hybridized carbons (Fsp3) is 0.643. The lowest BCUT2D eigenvalue weighted by Crippen LogP contribution is -2.33. The molecule has 2 rings (SSSR count). The lowest BCUT2D eigenvalue weighted by atomic mass is 10.1. The highest BCUT2D eigenvalue weighted by Gasteiger charge is 2.31. The minimum absolute atomic E-state index is 0.0329. The molecule has 1 aliphatic heterocycles. The molecule has 0 radical (unpaired) electrons.